The molecule has 0 saturated carbocycles. The van der Waals surface area contributed by atoms with Crippen LogP contribution in [-0.2, 0) is 16.4 Å². The van der Waals surface area contributed by atoms with E-state index in [9.17, 15) is 13.2 Å². The lowest BCUT2D eigenvalue weighted by Gasteiger charge is -2.08. The Morgan fingerprint density at radius 3 is 2.30 bits per heavy atom. The molecule has 27 heavy (non-hydrogen) atoms. The number of benzene rings is 2. The summed E-state index contributed by atoms with van der Waals surface area (Å²) in [5.41, 5.74) is 1.55. The second-order valence-electron chi connectivity index (χ2n) is 6.02. The molecule has 7 heteroatoms. The first kappa shape index (κ1) is 18.9. The van der Waals surface area contributed by atoms with E-state index in [-0.39, 0.29) is 16.6 Å². The molecule has 2 N–H and O–H groups in total. The van der Waals surface area contributed by atoms with Gasteiger partial charge in [0.15, 0.2) is 5.76 Å². The van der Waals surface area contributed by atoms with Crippen LogP contribution in [0.15, 0.2) is 76.0 Å². The van der Waals surface area contributed by atoms with E-state index < -0.39 is 10.0 Å². The molecule has 0 aliphatic rings. The number of aryl methyl sites for hydroxylation is 1. The maximum atomic E-state index is 12.4. The highest BCUT2D eigenvalue weighted by Gasteiger charge is 2.14. The molecule has 0 radical (unpaired) electrons. The highest BCUT2D eigenvalue weighted by Crippen LogP contribution is 2.16. The summed E-state index contributed by atoms with van der Waals surface area (Å²) < 4.78 is 32.6. The third-order valence-electron chi connectivity index (χ3n) is 3.94. The summed E-state index contributed by atoms with van der Waals surface area (Å²) in [6.07, 6.45) is 0.608. The van der Waals surface area contributed by atoms with E-state index in [1.807, 2.05) is 30.3 Å². The van der Waals surface area contributed by atoms with Crippen LogP contribution in [0.25, 0.3) is 0 Å². The summed E-state index contributed by atoms with van der Waals surface area (Å²) in [7, 11) is -3.61. The Balaban J connectivity index is 1.59. The van der Waals surface area contributed by atoms with Gasteiger partial charge in [0, 0.05) is 12.2 Å². The molecule has 1 amide bonds. The summed E-state index contributed by atoms with van der Waals surface area (Å²) in [4.78, 5) is 12.2. The Hall–Kier alpha value is -2.90. The van der Waals surface area contributed by atoms with Gasteiger partial charge in [0.2, 0.25) is 10.0 Å². The predicted molar refractivity (Wildman–Crippen MR) is 103 cm³/mol. The van der Waals surface area contributed by atoms with Gasteiger partial charge in [-0.15, -0.1) is 0 Å². The molecule has 1 aromatic heterocycles. The predicted octanol–water partition coefficient (Wildman–Crippen LogP) is 3.36. The van der Waals surface area contributed by atoms with Gasteiger partial charge in [-0.05, 0) is 55.3 Å². The summed E-state index contributed by atoms with van der Waals surface area (Å²) in [5.74, 6) is 0.453. The Morgan fingerprint density at radius 2 is 1.67 bits per heavy atom. The second kappa shape index (κ2) is 8.20. The zero-order valence-corrected chi connectivity index (χ0v) is 15.6. The fraction of sp³-hybridized carbons (Fsp3) is 0.150. The number of carbonyl (C=O) groups excluding carboxylic acids is 1. The van der Waals surface area contributed by atoms with Crippen LogP contribution in [0.1, 0.15) is 21.9 Å². The van der Waals surface area contributed by atoms with Crippen LogP contribution in [0.2, 0.25) is 0 Å². The van der Waals surface area contributed by atoms with Crippen molar-refractivity contribution >= 4 is 21.6 Å². The second-order valence-corrected chi connectivity index (χ2v) is 7.79. The number of nitrogens with one attached hydrogen (secondary N) is 2. The van der Waals surface area contributed by atoms with E-state index in [0.29, 0.717) is 24.4 Å². The van der Waals surface area contributed by atoms with E-state index in [1.165, 1.54) is 12.1 Å². The molecule has 0 aliphatic carbocycles. The lowest BCUT2D eigenvalue weighted by atomic mass is 10.2. The fourth-order valence-corrected chi connectivity index (χ4v) is 3.56. The molecule has 0 atom stereocenters. The monoisotopic (exact) mass is 384 g/mol. The third kappa shape index (κ3) is 5.06. The summed E-state index contributed by atoms with van der Waals surface area (Å²) >= 11 is 0. The molecule has 2 aromatic carbocycles. The van der Waals surface area contributed by atoms with Crippen molar-refractivity contribution in [3.63, 3.8) is 0 Å². The molecule has 1 heterocycles. The summed E-state index contributed by atoms with van der Waals surface area (Å²) in [5, 5.41) is 2.67. The van der Waals surface area contributed by atoms with Gasteiger partial charge in [-0.25, -0.2) is 13.1 Å². The lowest BCUT2D eigenvalue weighted by Crippen LogP contribution is -2.26. The van der Waals surface area contributed by atoms with Crippen molar-refractivity contribution in [3.05, 3.63) is 83.8 Å². The van der Waals surface area contributed by atoms with Crippen molar-refractivity contribution in [2.24, 2.45) is 0 Å². The molecular formula is C20H20N2O4S. The number of hydrogen-bond acceptors (Lipinski definition) is 4. The Bertz CT molecular complexity index is 1010. The van der Waals surface area contributed by atoms with Gasteiger partial charge >= 0.3 is 0 Å². The summed E-state index contributed by atoms with van der Waals surface area (Å²) in [6, 6.07) is 18.9. The molecule has 0 aliphatic heterocycles. The smallest absolute Gasteiger partial charge is 0.291 e. The maximum absolute atomic E-state index is 12.4. The zero-order chi connectivity index (χ0) is 19.3. The number of hydrogen-bond donors (Lipinski definition) is 2. The molecule has 3 aromatic rings. The van der Waals surface area contributed by atoms with Crippen LogP contribution in [0.5, 0.6) is 0 Å². The fourth-order valence-electron chi connectivity index (χ4n) is 2.52. The van der Waals surface area contributed by atoms with Crippen LogP contribution in [-0.4, -0.2) is 20.9 Å². The van der Waals surface area contributed by atoms with E-state index in [0.717, 1.165) is 5.56 Å². The van der Waals surface area contributed by atoms with Gasteiger partial charge in [-0.1, -0.05) is 30.3 Å². The Morgan fingerprint density at radius 1 is 0.963 bits per heavy atom. The average molecular weight is 384 g/mol. The minimum absolute atomic E-state index is 0.141. The topological polar surface area (TPSA) is 88.4 Å². The Labute approximate surface area is 158 Å². The van der Waals surface area contributed by atoms with Crippen molar-refractivity contribution < 1.29 is 17.6 Å². The van der Waals surface area contributed by atoms with Crippen LogP contribution >= 0.6 is 0 Å². The summed E-state index contributed by atoms with van der Waals surface area (Å²) in [6.45, 7) is 2.06. The molecule has 0 saturated heterocycles. The van der Waals surface area contributed by atoms with Crippen molar-refractivity contribution in [2.45, 2.75) is 18.2 Å². The van der Waals surface area contributed by atoms with E-state index in [1.54, 1.807) is 31.2 Å². The minimum Gasteiger partial charge on any atom is -0.456 e. The van der Waals surface area contributed by atoms with Gasteiger partial charge in [0.1, 0.15) is 5.76 Å². The molecule has 140 valence electrons. The van der Waals surface area contributed by atoms with Gasteiger partial charge in [-0.2, -0.15) is 0 Å². The molecule has 0 bridgehead atoms. The van der Waals surface area contributed by atoms with E-state index in [4.69, 9.17) is 4.42 Å². The van der Waals surface area contributed by atoms with Gasteiger partial charge in [-0.3, -0.25) is 4.79 Å². The van der Waals surface area contributed by atoms with Crippen LogP contribution in [0.4, 0.5) is 5.69 Å². The number of carbonyl (C=O) groups is 1. The normalized spacial score (nSPS) is 11.3. The molecule has 0 spiro atoms. The first-order chi connectivity index (χ1) is 12.9. The zero-order valence-electron chi connectivity index (χ0n) is 14.8. The largest absolute Gasteiger partial charge is 0.456 e. The minimum atomic E-state index is -3.61. The number of sulfonamides is 1. The van der Waals surface area contributed by atoms with Crippen LogP contribution in [0.3, 0.4) is 0 Å². The quantitative estimate of drug-likeness (QED) is 0.654. The molecule has 0 unspecified atom stereocenters. The van der Waals surface area contributed by atoms with Crippen molar-refractivity contribution in [3.8, 4) is 0 Å². The van der Waals surface area contributed by atoms with E-state index in [2.05, 4.69) is 10.0 Å². The molecule has 0 fully saturated rings. The lowest BCUT2D eigenvalue weighted by molar-refractivity contribution is 0.0995. The number of anilines is 1. The highest BCUT2D eigenvalue weighted by molar-refractivity contribution is 7.89. The first-order valence-corrected chi connectivity index (χ1v) is 9.94. The standard InChI is InChI=1S/C20H20N2O4S/c1-15-7-12-19(26-15)20(23)22-17-8-10-18(11-9-17)27(24,25)21-14-13-16-5-3-2-4-6-16/h2-12,21H,13-14H2,1H3,(H,22,23). The SMILES string of the molecule is Cc1ccc(C(=O)Nc2ccc(S(=O)(=O)NCCc3ccccc3)cc2)o1. The first-order valence-electron chi connectivity index (χ1n) is 8.45. The van der Waals surface area contributed by atoms with Gasteiger partial charge in [0.25, 0.3) is 5.91 Å². The van der Waals surface area contributed by atoms with Crippen molar-refractivity contribution in [1.29, 1.82) is 0 Å². The Kier molecular flexibility index (Phi) is 5.73. The number of rotatable bonds is 7. The maximum Gasteiger partial charge on any atom is 0.291 e. The highest BCUT2D eigenvalue weighted by atomic mass is 32.2. The van der Waals surface area contributed by atoms with Crippen molar-refractivity contribution in [2.75, 3.05) is 11.9 Å². The van der Waals surface area contributed by atoms with Crippen LogP contribution < -0.4 is 10.0 Å². The molecular weight excluding hydrogens is 364 g/mol. The van der Waals surface area contributed by atoms with E-state index >= 15 is 0 Å². The number of amides is 1. The van der Waals surface area contributed by atoms with Gasteiger partial charge in [0.05, 0.1) is 4.90 Å². The van der Waals surface area contributed by atoms with Crippen molar-refractivity contribution in [1.82, 2.24) is 4.72 Å². The average Bonchev–Trinajstić information content (AvgIpc) is 3.09. The number of furan rings is 1. The van der Waals surface area contributed by atoms with Crippen LogP contribution in [0, 0.1) is 6.92 Å². The van der Waals surface area contributed by atoms with Gasteiger partial charge < -0.3 is 9.73 Å². The molecule has 6 nitrogen and oxygen atoms in total. The third-order valence-corrected chi connectivity index (χ3v) is 5.41. The molecule has 3 rings (SSSR count).